The van der Waals surface area contributed by atoms with Gasteiger partial charge in [-0.25, -0.2) is 0 Å². The van der Waals surface area contributed by atoms with Crippen molar-refractivity contribution in [1.82, 2.24) is 0 Å². The Bertz CT molecular complexity index is 524. The molecule has 26 heavy (non-hydrogen) atoms. The molecule has 0 aromatic heterocycles. The van der Waals surface area contributed by atoms with Crippen LogP contribution in [0.4, 0.5) is 13.2 Å². The van der Waals surface area contributed by atoms with Gasteiger partial charge in [0, 0.05) is 12.2 Å². The highest BCUT2D eigenvalue weighted by atomic mass is 32.2. The van der Waals surface area contributed by atoms with Crippen LogP contribution in [0.5, 0.6) is 0 Å². The molecular formula is C20H27F3S3. The molecule has 0 nitrogen and oxygen atoms in total. The fourth-order valence-corrected chi connectivity index (χ4v) is 4.58. The Hall–Kier alpha value is -0.460. The van der Waals surface area contributed by atoms with Gasteiger partial charge in [-0.2, -0.15) is 13.2 Å². The second kappa shape index (κ2) is 13.7. The lowest BCUT2D eigenvalue weighted by molar-refractivity contribution is -0.135. The molecule has 0 spiro atoms. The van der Waals surface area contributed by atoms with Gasteiger partial charge < -0.3 is 0 Å². The first kappa shape index (κ1) is 23.6. The van der Waals surface area contributed by atoms with Crippen LogP contribution in [0.15, 0.2) is 30.8 Å². The molecule has 0 unspecified atom stereocenters. The van der Waals surface area contributed by atoms with Crippen molar-refractivity contribution in [2.45, 2.75) is 63.3 Å². The highest BCUT2D eigenvalue weighted by Crippen LogP contribution is 2.24. The summed E-state index contributed by atoms with van der Waals surface area (Å²) in [5.74, 6) is 1.91. The first-order valence-electron chi connectivity index (χ1n) is 8.98. The lowest BCUT2D eigenvalue weighted by Gasteiger charge is -2.06. The molecule has 1 aromatic carbocycles. The van der Waals surface area contributed by atoms with Crippen molar-refractivity contribution in [2.24, 2.45) is 0 Å². The third-order valence-corrected chi connectivity index (χ3v) is 6.75. The second-order valence-electron chi connectivity index (χ2n) is 6.17. The quantitative estimate of drug-likeness (QED) is 0.247. The molecule has 1 rings (SSSR count). The van der Waals surface area contributed by atoms with E-state index in [1.807, 2.05) is 6.08 Å². The Morgan fingerprint density at radius 3 is 2.08 bits per heavy atom. The van der Waals surface area contributed by atoms with Crippen LogP contribution in [0.25, 0.3) is 6.08 Å². The number of benzene rings is 1. The Morgan fingerprint density at radius 1 is 0.923 bits per heavy atom. The molecule has 0 bridgehead atoms. The minimum atomic E-state index is -4.00. The molecule has 0 aliphatic heterocycles. The van der Waals surface area contributed by atoms with Gasteiger partial charge >= 0.3 is 6.18 Å². The minimum Gasteiger partial charge on any atom is -0.171 e. The maximum Gasteiger partial charge on any atom is 0.389 e. The monoisotopic (exact) mass is 420 g/mol. The van der Waals surface area contributed by atoms with E-state index in [4.69, 9.17) is 12.2 Å². The van der Waals surface area contributed by atoms with E-state index in [0.29, 0.717) is 6.42 Å². The third kappa shape index (κ3) is 12.8. The fourth-order valence-electron chi connectivity index (χ4n) is 2.40. The molecule has 0 aliphatic rings. The van der Waals surface area contributed by atoms with Crippen LogP contribution in [0.2, 0.25) is 0 Å². The highest BCUT2D eigenvalue weighted by Gasteiger charge is 2.25. The van der Waals surface area contributed by atoms with Crippen LogP contribution in [0.3, 0.4) is 0 Å². The lowest BCUT2D eigenvalue weighted by atomic mass is 10.1. The Labute approximate surface area is 169 Å². The summed E-state index contributed by atoms with van der Waals surface area (Å²) in [6.45, 7) is 3.75. The largest absolute Gasteiger partial charge is 0.389 e. The van der Waals surface area contributed by atoms with E-state index in [1.54, 1.807) is 23.5 Å². The number of thioether (sulfide) groups is 2. The molecule has 0 radical (unpaired) electrons. The average Bonchev–Trinajstić information content (AvgIpc) is 2.61. The molecule has 0 atom stereocenters. The van der Waals surface area contributed by atoms with E-state index >= 15 is 0 Å². The molecule has 0 saturated carbocycles. The zero-order chi connectivity index (χ0) is 19.3. The smallest absolute Gasteiger partial charge is 0.171 e. The Balaban J connectivity index is 1.94. The van der Waals surface area contributed by atoms with Crippen LogP contribution >= 0.6 is 35.7 Å². The molecule has 0 fully saturated rings. The van der Waals surface area contributed by atoms with E-state index < -0.39 is 12.6 Å². The normalized spacial score (nSPS) is 11.5. The van der Waals surface area contributed by atoms with Gasteiger partial charge in [0.15, 0.2) is 0 Å². The predicted octanol–water partition coefficient (Wildman–Crippen LogP) is 8.26. The minimum absolute atomic E-state index is 0.265. The Kier molecular flexibility index (Phi) is 12.4. The number of hydrogen-bond donors (Lipinski definition) is 0. The summed E-state index contributed by atoms with van der Waals surface area (Å²) in [6, 6.07) is 8.32. The van der Waals surface area contributed by atoms with Crippen LogP contribution in [-0.4, -0.2) is 15.5 Å². The zero-order valence-electron chi connectivity index (χ0n) is 15.0. The molecule has 6 heteroatoms. The Morgan fingerprint density at radius 2 is 1.50 bits per heavy atom. The standard InChI is InChI=1S/C20H27F3S3/c1-2-17-10-12-18(13-11-17)16-26-19(24)25-15-9-7-5-3-4-6-8-14-20(21,22)23/h2,10-13H,1,3-9,14-16H2. The van der Waals surface area contributed by atoms with E-state index in [0.717, 1.165) is 52.7 Å². The van der Waals surface area contributed by atoms with Crippen molar-refractivity contribution in [1.29, 1.82) is 0 Å². The SMILES string of the molecule is C=Cc1ccc(CSC(=S)SCCCCCCCCCC(F)(F)F)cc1. The van der Waals surface area contributed by atoms with E-state index in [2.05, 4.69) is 30.8 Å². The fraction of sp³-hybridized carbons (Fsp3) is 0.550. The van der Waals surface area contributed by atoms with E-state index in [1.165, 1.54) is 5.56 Å². The maximum absolute atomic E-state index is 12.0. The average molecular weight is 421 g/mol. The van der Waals surface area contributed by atoms with Crippen molar-refractivity contribution >= 4 is 45.3 Å². The number of halogens is 3. The van der Waals surface area contributed by atoms with Crippen LogP contribution in [0.1, 0.15) is 62.5 Å². The second-order valence-corrected chi connectivity index (χ2v) is 9.45. The van der Waals surface area contributed by atoms with Gasteiger partial charge in [-0.05, 0) is 29.7 Å². The topological polar surface area (TPSA) is 0 Å². The zero-order valence-corrected chi connectivity index (χ0v) is 17.5. The summed E-state index contributed by atoms with van der Waals surface area (Å²) in [5.41, 5.74) is 2.38. The summed E-state index contributed by atoms with van der Waals surface area (Å²) in [7, 11) is 0. The first-order valence-corrected chi connectivity index (χ1v) is 11.4. The van der Waals surface area contributed by atoms with E-state index in [-0.39, 0.29) is 6.42 Å². The van der Waals surface area contributed by atoms with Crippen molar-refractivity contribution in [2.75, 3.05) is 5.75 Å². The van der Waals surface area contributed by atoms with Gasteiger partial charge in [0.25, 0.3) is 0 Å². The molecule has 0 heterocycles. The maximum atomic E-state index is 12.0. The molecular weight excluding hydrogens is 393 g/mol. The summed E-state index contributed by atoms with van der Waals surface area (Å²) in [5, 5.41) is 0. The lowest BCUT2D eigenvalue weighted by Crippen LogP contribution is -2.06. The van der Waals surface area contributed by atoms with Crippen molar-refractivity contribution in [3.8, 4) is 0 Å². The molecule has 0 saturated heterocycles. The summed E-state index contributed by atoms with van der Waals surface area (Å²) < 4.78 is 37.0. The number of unbranched alkanes of at least 4 members (excludes halogenated alkanes) is 6. The van der Waals surface area contributed by atoms with Gasteiger partial charge in [-0.1, -0.05) is 81.2 Å². The van der Waals surface area contributed by atoms with Crippen molar-refractivity contribution in [3.63, 3.8) is 0 Å². The van der Waals surface area contributed by atoms with Crippen LogP contribution in [-0.2, 0) is 5.75 Å². The predicted molar refractivity (Wildman–Crippen MR) is 116 cm³/mol. The van der Waals surface area contributed by atoms with Gasteiger partial charge in [0.05, 0.1) is 0 Å². The molecule has 0 N–H and O–H groups in total. The number of alkyl halides is 3. The highest BCUT2D eigenvalue weighted by molar-refractivity contribution is 8.46. The molecule has 1 aromatic rings. The van der Waals surface area contributed by atoms with Crippen molar-refractivity contribution < 1.29 is 13.2 Å². The summed E-state index contributed by atoms with van der Waals surface area (Å²) in [4.78, 5) is 0. The first-order chi connectivity index (χ1) is 12.4. The summed E-state index contributed by atoms with van der Waals surface area (Å²) >= 11 is 8.83. The number of rotatable bonds is 12. The molecule has 0 aliphatic carbocycles. The van der Waals surface area contributed by atoms with Gasteiger partial charge in [-0.3, -0.25) is 0 Å². The van der Waals surface area contributed by atoms with Gasteiger partial charge in [0.1, 0.15) is 3.53 Å². The molecule has 146 valence electrons. The van der Waals surface area contributed by atoms with Gasteiger partial charge in [-0.15, -0.1) is 23.5 Å². The molecule has 0 amide bonds. The number of thiocarbonyl (C=S) groups is 1. The third-order valence-electron chi connectivity index (χ3n) is 3.90. The summed E-state index contributed by atoms with van der Waals surface area (Å²) in [6.07, 6.45) is 3.42. The van der Waals surface area contributed by atoms with Gasteiger partial charge in [0.2, 0.25) is 0 Å². The van der Waals surface area contributed by atoms with Crippen LogP contribution in [0, 0.1) is 0 Å². The number of hydrogen-bond acceptors (Lipinski definition) is 3. The van der Waals surface area contributed by atoms with Crippen molar-refractivity contribution in [3.05, 3.63) is 42.0 Å². The van der Waals surface area contributed by atoms with Crippen LogP contribution < -0.4 is 0 Å². The van der Waals surface area contributed by atoms with E-state index in [9.17, 15) is 13.2 Å².